The molecule has 6 heteroatoms. The number of pyridine rings is 1. The maximum Gasteiger partial charge on any atom is 0.392 e. The Hall–Kier alpha value is -0.810. The molecule has 3 rings (SSSR count). The lowest BCUT2D eigenvalue weighted by atomic mass is 10.0. The second-order valence-electron chi connectivity index (χ2n) is 5.57. The molecule has 2 saturated carbocycles. The third-order valence-corrected chi connectivity index (χ3v) is 4.54. The van der Waals surface area contributed by atoms with Gasteiger partial charge in [-0.3, -0.25) is 4.98 Å². The minimum Gasteiger partial charge on any atom is -0.330 e. The van der Waals surface area contributed by atoms with E-state index in [9.17, 15) is 13.2 Å². The summed E-state index contributed by atoms with van der Waals surface area (Å²) in [5, 5.41) is 0.452. The van der Waals surface area contributed by atoms with E-state index in [1.165, 1.54) is 6.20 Å². The van der Waals surface area contributed by atoms with Gasteiger partial charge in [0.25, 0.3) is 0 Å². The van der Waals surface area contributed by atoms with Crippen molar-refractivity contribution >= 4 is 11.6 Å². The van der Waals surface area contributed by atoms with Gasteiger partial charge in [-0.25, -0.2) is 0 Å². The first-order valence-corrected chi connectivity index (χ1v) is 6.68. The molecule has 2 aliphatic rings. The quantitative estimate of drug-likeness (QED) is 0.927. The average molecular weight is 291 g/mol. The molecule has 2 aliphatic carbocycles. The summed E-state index contributed by atoms with van der Waals surface area (Å²) in [6, 6.07) is 1.63. The molecule has 1 aromatic rings. The zero-order valence-electron chi connectivity index (χ0n) is 10.2. The average Bonchev–Trinajstić information content (AvgIpc) is 3.22. The number of hydrogen-bond acceptors (Lipinski definition) is 2. The highest BCUT2D eigenvalue weighted by atomic mass is 35.5. The topological polar surface area (TPSA) is 38.9 Å². The van der Waals surface area contributed by atoms with Crippen molar-refractivity contribution in [1.82, 2.24) is 4.98 Å². The van der Waals surface area contributed by atoms with Crippen LogP contribution in [0.3, 0.4) is 0 Å². The molecule has 19 heavy (non-hydrogen) atoms. The van der Waals surface area contributed by atoms with Crippen LogP contribution in [0.25, 0.3) is 0 Å². The first-order chi connectivity index (χ1) is 8.87. The summed E-state index contributed by atoms with van der Waals surface area (Å²) in [7, 11) is 0. The summed E-state index contributed by atoms with van der Waals surface area (Å²) in [5.74, 6) is -1.72. The number of nitrogens with zero attached hydrogens (tertiary/aromatic N) is 1. The zero-order chi connectivity index (χ0) is 13.8. The normalized spacial score (nSPS) is 28.3. The fourth-order valence-corrected chi connectivity index (χ4v) is 3.03. The molecular weight excluding hydrogens is 277 g/mol. The van der Waals surface area contributed by atoms with Crippen LogP contribution < -0.4 is 5.73 Å². The molecular formula is C13H14ClF3N2. The molecule has 0 aliphatic heterocycles. The predicted molar refractivity (Wildman–Crippen MR) is 66.1 cm³/mol. The van der Waals surface area contributed by atoms with Gasteiger partial charge in [-0.05, 0) is 36.8 Å². The Morgan fingerprint density at radius 3 is 2.53 bits per heavy atom. The van der Waals surface area contributed by atoms with Crippen LogP contribution in [0.15, 0.2) is 12.3 Å². The van der Waals surface area contributed by atoms with Crippen molar-refractivity contribution in [3.8, 4) is 0 Å². The molecule has 104 valence electrons. The molecule has 2 atom stereocenters. The van der Waals surface area contributed by atoms with Crippen molar-refractivity contribution in [3.63, 3.8) is 0 Å². The fourth-order valence-electron chi connectivity index (χ4n) is 2.66. The summed E-state index contributed by atoms with van der Waals surface area (Å²) in [5.41, 5.74) is 6.90. The number of aromatic nitrogens is 1. The number of hydrogen-bond donors (Lipinski definition) is 1. The van der Waals surface area contributed by atoms with Crippen molar-refractivity contribution in [2.45, 2.75) is 36.8 Å². The van der Waals surface area contributed by atoms with Crippen LogP contribution in [0.1, 0.15) is 36.4 Å². The molecule has 2 N–H and O–H groups in total. The lowest BCUT2D eigenvalue weighted by molar-refractivity contribution is -0.148. The van der Waals surface area contributed by atoms with Gasteiger partial charge in [0.15, 0.2) is 0 Å². The summed E-state index contributed by atoms with van der Waals surface area (Å²) in [6.45, 7) is 0.480. The third kappa shape index (κ3) is 2.23. The van der Waals surface area contributed by atoms with Gasteiger partial charge in [-0.1, -0.05) is 11.6 Å². The second kappa shape index (κ2) is 4.09. The maximum absolute atomic E-state index is 12.5. The number of halogens is 4. The Morgan fingerprint density at radius 2 is 2.11 bits per heavy atom. The summed E-state index contributed by atoms with van der Waals surface area (Å²) < 4.78 is 37.6. The summed E-state index contributed by atoms with van der Waals surface area (Å²) in [6.07, 6.45) is -0.546. The molecule has 0 saturated heterocycles. The SMILES string of the molecule is NCC1(c2ncc(C3CC3C(F)(F)F)cc2Cl)CC1. The molecule has 2 fully saturated rings. The molecule has 1 heterocycles. The zero-order valence-corrected chi connectivity index (χ0v) is 10.9. The van der Waals surface area contributed by atoms with Crippen molar-refractivity contribution in [3.05, 3.63) is 28.5 Å². The molecule has 1 aromatic heterocycles. The Labute approximate surface area is 114 Å². The van der Waals surface area contributed by atoms with E-state index in [1.807, 2.05) is 0 Å². The van der Waals surface area contributed by atoms with Gasteiger partial charge >= 0.3 is 6.18 Å². The highest BCUT2D eigenvalue weighted by molar-refractivity contribution is 6.31. The van der Waals surface area contributed by atoms with Gasteiger partial charge in [0, 0.05) is 18.2 Å². The van der Waals surface area contributed by atoms with Gasteiger partial charge in [0.2, 0.25) is 0 Å². The lowest BCUT2D eigenvalue weighted by Gasteiger charge is -2.14. The molecule has 0 spiro atoms. The van der Waals surface area contributed by atoms with E-state index >= 15 is 0 Å². The smallest absolute Gasteiger partial charge is 0.330 e. The van der Waals surface area contributed by atoms with Crippen LogP contribution in [0.5, 0.6) is 0 Å². The molecule has 0 radical (unpaired) electrons. The molecule has 0 aromatic carbocycles. The highest BCUT2D eigenvalue weighted by Gasteiger charge is 2.56. The van der Waals surface area contributed by atoms with Gasteiger partial charge < -0.3 is 5.73 Å². The van der Waals surface area contributed by atoms with Gasteiger partial charge in [0.05, 0.1) is 16.6 Å². The lowest BCUT2D eigenvalue weighted by Crippen LogP contribution is -2.21. The maximum atomic E-state index is 12.5. The predicted octanol–water partition coefficient (Wildman–Crippen LogP) is 3.39. The van der Waals surface area contributed by atoms with Crippen LogP contribution in [0, 0.1) is 5.92 Å². The van der Waals surface area contributed by atoms with E-state index in [4.69, 9.17) is 17.3 Å². The van der Waals surface area contributed by atoms with E-state index < -0.39 is 18.0 Å². The largest absolute Gasteiger partial charge is 0.392 e. The Balaban J connectivity index is 1.82. The number of nitrogens with two attached hydrogens (primary N) is 1. The monoisotopic (exact) mass is 290 g/mol. The van der Waals surface area contributed by atoms with Crippen LogP contribution in [-0.4, -0.2) is 17.7 Å². The third-order valence-electron chi connectivity index (χ3n) is 4.25. The van der Waals surface area contributed by atoms with E-state index in [0.29, 0.717) is 17.1 Å². The number of alkyl halides is 3. The van der Waals surface area contributed by atoms with Crippen molar-refractivity contribution in [2.24, 2.45) is 11.7 Å². The van der Waals surface area contributed by atoms with Crippen molar-refractivity contribution < 1.29 is 13.2 Å². The number of rotatable bonds is 3. The molecule has 0 bridgehead atoms. The minimum atomic E-state index is -4.12. The molecule has 2 nitrogen and oxygen atoms in total. The standard InChI is InChI=1S/C13H14ClF3N2/c14-10-3-7(8-4-9(8)13(15,16)17)5-19-11(10)12(6-18)1-2-12/h3,5,8-9H,1-2,4,6,18H2. The van der Waals surface area contributed by atoms with Crippen LogP contribution in [0.2, 0.25) is 5.02 Å². The Bertz CT molecular complexity index is 511. The van der Waals surface area contributed by atoms with E-state index in [0.717, 1.165) is 18.5 Å². The highest BCUT2D eigenvalue weighted by Crippen LogP contribution is 2.57. The summed E-state index contributed by atoms with van der Waals surface area (Å²) >= 11 is 6.17. The molecule has 2 unspecified atom stereocenters. The van der Waals surface area contributed by atoms with E-state index in [-0.39, 0.29) is 11.8 Å². The Morgan fingerprint density at radius 1 is 1.42 bits per heavy atom. The van der Waals surface area contributed by atoms with Crippen LogP contribution in [-0.2, 0) is 5.41 Å². The van der Waals surface area contributed by atoms with Crippen molar-refractivity contribution in [2.75, 3.05) is 6.54 Å². The van der Waals surface area contributed by atoms with Gasteiger partial charge in [0.1, 0.15) is 0 Å². The van der Waals surface area contributed by atoms with Gasteiger partial charge in [-0.2, -0.15) is 13.2 Å². The fraction of sp³-hybridized carbons (Fsp3) is 0.615. The minimum absolute atomic E-state index is 0.136. The summed E-state index contributed by atoms with van der Waals surface area (Å²) in [4.78, 5) is 4.28. The van der Waals surface area contributed by atoms with Crippen LogP contribution >= 0.6 is 11.6 Å². The van der Waals surface area contributed by atoms with E-state index in [1.54, 1.807) is 6.07 Å². The van der Waals surface area contributed by atoms with Gasteiger partial charge in [-0.15, -0.1) is 0 Å². The molecule has 0 amide bonds. The first kappa shape index (κ1) is 13.2. The first-order valence-electron chi connectivity index (χ1n) is 6.30. The van der Waals surface area contributed by atoms with Crippen LogP contribution in [0.4, 0.5) is 13.2 Å². The Kier molecular flexibility index (Phi) is 2.84. The van der Waals surface area contributed by atoms with E-state index in [2.05, 4.69) is 4.98 Å². The second-order valence-corrected chi connectivity index (χ2v) is 5.98. The van der Waals surface area contributed by atoms with Crippen molar-refractivity contribution in [1.29, 1.82) is 0 Å².